The molecular formula is C13H20ClNO. The zero-order valence-electron chi connectivity index (χ0n) is 10.3. The molecule has 0 spiro atoms. The molecule has 0 saturated carbocycles. The fourth-order valence-corrected chi connectivity index (χ4v) is 2.00. The molecule has 2 nitrogen and oxygen atoms in total. The van der Waals surface area contributed by atoms with Gasteiger partial charge in [-0.15, -0.1) is 0 Å². The fourth-order valence-electron chi connectivity index (χ4n) is 1.74. The van der Waals surface area contributed by atoms with Gasteiger partial charge in [-0.1, -0.05) is 11.6 Å². The van der Waals surface area contributed by atoms with Crippen molar-refractivity contribution >= 4 is 11.6 Å². The molecule has 0 aliphatic heterocycles. The third kappa shape index (κ3) is 3.69. The minimum atomic E-state index is 0.705. The molecule has 0 aliphatic rings. The zero-order valence-corrected chi connectivity index (χ0v) is 11.0. The Morgan fingerprint density at radius 1 is 1.31 bits per heavy atom. The molecule has 0 saturated heterocycles. The van der Waals surface area contributed by atoms with Gasteiger partial charge in [0.25, 0.3) is 0 Å². The van der Waals surface area contributed by atoms with E-state index in [0.29, 0.717) is 5.02 Å². The molecule has 0 radical (unpaired) electrons. The van der Waals surface area contributed by atoms with E-state index in [4.69, 9.17) is 16.3 Å². The average molecular weight is 242 g/mol. The Morgan fingerprint density at radius 3 is 2.69 bits per heavy atom. The lowest BCUT2D eigenvalue weighted by Gasteiger charge is -2.10. The van der Waals surface area contributed by atoms with Crippen molar-refractivity contribution < 1.29 is 4.74 Å². The maximum absolute atomic E-state index is 6.10. The Bertz CT molecular complexity index is 339. The molecule has 0 atom stereocenters. The quantitative estimate of drug-likeness (QED) is 0.773. The number of benzene rings is 1. The molecule has 90 valence electrons. The van der Waals surface area contributed by atoms with Crippen LogP contribution in [0.15, 0.2) is 12.1 Å². The zero-order chi connectivity index (χ0) is 12.0. The normalized spacial score (nSPS) is 10.5. The van der Waals surface area contributed by atoms with E-state index in [2.05, 4.69) is 12.2 Å². The minimum Gasteiger partial charge on any atom is -0.495 e. The van der Waals surface area contributed by atoms with E-state index in [-0.39, 0.29) is 0 Å². The molecule has 0 aromatic heterocycles. The van der Waals surface area contributed by atoms with Crippen molar-refractivity contribution in [2.24, 2.45) is 0 Å². The van der Waals surface area contributed by atoms with Gasteiger partial charge in [0.1, 0.15) is 5.75 Å². The fraction of sp³-hybridized carbons (Fsp3) is 0.538. The summed E-state index contributed by atoms with van der Waals surface area (Å²) in [5.41, 5.74) is 2.58. The van der Waals surface area contributed by atoms with Crippen LogP contribution in [0.5, 0.6) is 5.75 Å². The number of unbranched alkanes of at least 4 members (excludes halogenated alkanes) is 1. The number of aryl methyl sites for hydroxylation is 2. The van der Waals surface area contributed by atoms with Gasteiger partial charge in [0.15, 0.2) is 0 Å². The Balaban J connectivity index is 2.63. The van der Waals surface area contributed by atoms with Gasteiger partial charge in [-0.3, -0.25) is 0 Å². The number of nitrogens with one attached hydrogen (secondary N) is 1. The monoisotopic (exact) mass is 241 g/mol. The van der Waals surface area contributed by atoms with Crippen molar-refractivity contribution in [1.29, 1.82) is 0 Å². The Morgan fingerprint density at radius 2 is 2.06 bits per heavy atom. The van der Waals surface area contributed by atoms with Gasteiger partial charge in [-0.2, -0.15) is 0 Å². The number of halogens is 1. The molecule has 0 aliphatic carbocycles. The van der Waals surface area contributed by atoms with Crippen LogP contribution in [0.2, 0.25) is 5.02 Å². The van der Waals surface area contributed by atoms with Gasteiger partial charge in [0.05, 0.1) is 12.1 Å². The van der Waals surface area contributed by atoms with Crippen LogP contribution in [0.25, 0.3) is 0 Å². The maximum atomic E-state index is 6.10. The highest BCUT2D eigenvalue weighted by molar-refractivity contribution is 6.32. The van der Waals surface area contributed by atoms with E-state index in [9.17, 15) is 0 Å². The van der Waals surface area contributed by atoms with Crippen LogP contribution in [0.4, 0.5) is 0 Å². The number of hydrogen-bond acceptors (Lipinski definition) is 2. The summed E-state index contributed by atoms with van der Waals surface area (Å²) in [6.07, 6.45) is 3.46. The SMILES string of the molecule is CNCCCCc1cc(Cl)c(OC)cc1C. The van der Waals surface area contributed by atoms with Gasteiger partial charge in [-0.25, -0.2) is 0 Å². The van der Waals surface area contributed by atoms with Crippen molar-refractivity contribution in [3.05, 3.63) is 28.3 Å². The molecule has 3 heteroatoms. The summed E-state index contributed by atoms with van der Waals surface area (Å²) in [7, 11) is 3.63. The molecule has 0 bridgehead atoms. The highest BCUT2D eigenvalue weighted by Gasteiger charge is 2.05. The molecule has 16 heavy (non-hydrogen) atoms. The first-order valence-electron chi connectivity index (χ1n) is 5.66. The summed E-state index contributed by atoms with van der Waals surface area (Å²) in [5, 5.41) is 3.86. The third-order valence-electron chi connectivity index (χ3n) is 2.73. The van der Waals surface area contributed by atoms with E-state index in [0.717, 1.165) is 18.7 Å². The maximum Gasteiger partial charge on any atom is 0.137 e. The first-order valence-corrected chi connectivity index (χ1v) is 6.04. The summed E-state index contributed by atoms with van der Waals surface area (Å²) in [6, 6.07) is 4.03. The third-order valence-corrected chi connectivity index (χ3v) is 3.03. The summed E-state index contributed by atoms with van der Waals surface area (Å²) in [4.78, 5) is 0. The molecule has 0 amide bonds. The lowest BCUT2D eigenvalue weighted by atomic mass is 10.0. The topological polar surface area (TPSA) is 21.3 Å². The van der Waals surface area contributed by atoms with Gasteiger partial charge < -0.3 is 10.1 Å². The Hall–Kier alpha value is -0.730. The second-order valence-corrected chi connectivity index (χ2v) is 4.38. The predicted octanol–water partition coefficient (Wildman–Crippen LogP) is 3.20. The number of hydrogen-bond donors (Lipinski definition) is 1. The van der Waals surface area contributed by atoms with E-state index in [1.54, 1.807) is 7.11 Å². The Labute approximate surface area is 103 Å². The molecule has 0 heterocycles. The van der Waals surface area contributed by atoms with E-state index >= 15 is 0 Å². The van der Waals surface area contributed by atoms with Crippen LogP contribution < -0.4 is 10.1 Å². The lowest BCUT2D eigenvalue weighted by Crippen LogP contribution is -2.07. The molecule has 1 aromatic rings. The standard InChI is InChI=1S/C13H20ClNO/c1-10-8-13(16-3)12(14)9-11(10)6-4-5-7-15-2/h8-9,15H,4-7H2,1-3H3. The van der Waals surface area contributed by atoms with Crippen LogP contribution in [0.3, 0.4) is 0 Å². The second kappa shape index (κ2) is 6.77. The van der Waals surface area contributed by atoms with E-state index in [1.807, 2.05) is 19.2 Å². The molecular weight excluding hydrogens is 222 g/mol. The molecule has 1 N–H and O–H groups in total. The van der Waals surface area contributed by atoms with Crippen molar-refractivity contribution in [3.8, 4) is 5.75 Å². The summed E-state index contributed by atoms with van der Waals surface area (Å²) >= 11 is 6.10. The lowest BCUT2D eigenvalue weighted by molar-refractivity contribution is 0.414. The number of ether oxygens (including phenoxy) is 1. The first kappa shape index (κ1) is 13.3. The van der Waals surface area contributed by atoms with Crippen LogP contribution >= 0.6 is 11.6 Å². The van der Waals surface area contributed by atoms with Crippen LogP contribution in [0, 0.1) is 6.92 Å². The van der Waals surface area contributed by atoms with Crippen molar-refractivity contribution in [3.63, 3.8) is 0 Å². The molecule has 0 unspecified atom stereocenters. The van der Waals surface area contributed by atoms with Crippen LogP contribution in [0.1, 0.15) is 24.0 Å². The number of rotatable bonds is 6. The van der Waals surface area contributed by atoms with Gasteiger partial charge in [0, 0.05) is 0 Å². The number of methoxy groups -OCH3 is 1. The van der Waals surface area contributed by atoms with E-state index in [1.165, 1.54) is 24.0 Å². The second-order valence-electron chi connectivity index (χ2n) is 3.97. The van der Waals surface area contributed by atoms with Crippen molar-refractivity contribution in [1.82, 2.24) is 5.32 Å². The van der Waals surface area contributed by atoms with Crippen LogP contribution in [-0.4, -0.2) is 20.7 Å². The highest BCUT2D eigenvalue weighted by atomic mass is 35.5. The van der Waals surface area contributed by atoms with Gasteiger partial charge in [0.2, 0.25) is 0 Å². The summed E-state index contributed by atoms with van der Waals surface area (Å²) < 4.78 is 5.18. The summed E-state index contributed by atoms with van der Waals surface area (Å²) in [6.45, 7) is 3.18. The smallest absolute Gasteiger partial charge is 0.137 e. The predicted molar refractivity (Wildman–Crippen MR) is 69.6 cm³/mol. The average Bonchev–Trinajstić information content (AvgIpc) is 2.28. The highest BCUT2D eigenvalue weighted by Crippen LogP contribution is 2.28. The minimum absolute atomic E-state index is 0.705. The van der Waals surface area contributed by atoms with Crippen molar-refractivity contribution in [2.45, 2.75) is 26.2 Å². The first-order chi connectivity index (χ1) is 7.69. The van der Waals surface area contributed by atoms with Crippen LogP contribution in [-0.2, 0) is 6.42 Å². The van der Waals surface area contributed by atoms with Gasteiger partial charge in [-0.05, 0) is 63.0 Å². The van der Waals surface area contributed by atoms with Gasteiger partial charge >= 0.3 is 0 Å². The largest absolute Gasteiger partial charge is 0.495 e. The molecule has 0 fully saturated rings. The van der Waals surface area contributed by atoms with E-state index < -0.39 is 0 Å². The molecule has 1 aromatic carbocycles. The Kier molecular flexibility index (Phi) is 5.64. The molecule has 1 rings (SSSR count). The summed E-state index contributed by atoms with van der Waals surface area (Å²) in [5.74, 6) is 0.762. The van der Waals surface area contributed by atoms with Crippen molar-refractivity contribution in [2.75, 3.05) is 20.7 Å².